The zero-order valence-corrected chi connectivity index (χ0v) is 16.0. The quantitative estimate of drug-likeness (QED) is 0.259. The highest BCUT2D eigenvalue weighted by atomic mass is 32.2. The lowest BCUT2D eigenvalue weighted by Gasteiger charge is -2.19. The number of guanidine groups is 1. The lowest BCUT2D eigenvalue weighted by Crippen LogP contribution is -2.43. The van der Waals surface area contributed by atoms with Crippen molar-refractivity contribution in [1.29, 1.82) is 0 Å². The third kappa shape index (κ3) is 12.9. The molecule has 1 amide bonds. The first kappa shape index (κ1) is 22.4. The average molecular weight is 366 g/mol. The van der Waals surface area contributed by atoms with Gasteiger partial charge in [0, 0.05) is 33.2 Å². The molecule has 24 heavy (non-hydrogen) atoms. The Hall–Kier alpha value is -1.55. The van der Waals surface area contributed by atoms with Crippen molar-refractivity contribution < 1.29 is 17.9 Å². The van der Waals surface area contributed by atoms with Gasteiger partial charge >= 0.3 is 6.09 Å². The maximum absolute atomic E-state index is 11.5. The SMILES string of the molecule is CCS(=O)(=O)NCCCNC(=NC)NCCNC(=O)OC(C)(C)C. The van der Waals surface area contributed by atoms with E-state index in [1.165, 1.54) is 0 Å². The van der Waals surface area contributed by atoms with Crippen LogP contribution in [0.3, 0.4) is 0 Å². The van der Waals surface area contributed by atoms with Gasteiger partial charge in [0.25, 0.3) is 0 Å². The van der Waals surface area contributed by atoms with E-state index in [9.17, 15) is 13.2 Å². The van der Waals surface area contributed by atoms with Gasteiger partial charge in [-0.2, -0.15) is 0 Å². The summed E-state index contributed by atoms with van der Waals surface area (Å²) in [5.41, 5.74) is -0.519. The van der Waals surface area contributed by atoms with Crippen LogP contribution in [0, 0.1) is 0 Å². The summed E-state index contributed by atoms with van der Waals surface area (Å²) in [6, 6.07) is 0. The molecule has 0 aromatic carbocycles. The topological polar surface area (TPSA) is 121 Å². The molecule has 0 fully saturated rings. The molecule has 0 saturated heterocycles. The van der Waals surface area contributed by atoms with Crippen molar-refractivity contribution in [2.45, 2.75) is 39.7 Å². The summed E-state index contributed by atoms with van der Waals surface area (Å²) in [6.45, 7) is 8.84. The third-order valence-corrected chi connectivity index (χ3v) is 4.06. The first-order valence-corrected chi connectivity index (χ1v) is 9.63. The standard InChI is InChI=1S/C14H31N5O4S/c1-6-24(21,22)19-9-7-8-16-12(15-5)17-10-11-18-13(20)23-14(2,3)4/h19H,6-11H2,1-5H3,(H,18,20)(H2,15,16,17). The molecule has 9 nitrogen and oxygen atoms in total. The van der Waals surface area contributed by atoms with Gasteiger partial charge in [-0.15, -0.1) is 0 Å². The van der Waals surface area contributed by atoms with Crippen molar-refractivity contribution >= 4 is 22.1 Å². The summed E-state index contributed by atoms with van der Waals surface area (Å²) in [7, 11) is -1.51. The van der Waals surface area contributed by atoms with Gasteiger partial charge in [0.15, 0.2) is 5.96 Å². The molecule has 0 rings (SSSR count). The number of alkyl carbamates (subject to hydrolysis) is 1. The van der Waals surface area contributed by atoms with Crippen molar-refractivity contribution in [1.82, 2.24) is 20.7 Å². The summed E-state index contributed by atoms with van der Waals surface area (Å²) in [4.78, 5) is 15.5. The Balaban J connectivity index is 3.80. The number of carbonyl (C=O) groups is 1. The first-order valence-electron chi connectivity index (χ1n) is 7.98. The van der Waals surface area contributed by atoms with Crippen molar-refractivity contribution in [2.75, 3.05) is 39.0 Å². The summed E-state index contributed by atoms with van der Waals surface area (Å²) < 4.78 is 30.1. The highest BCUT2D eigenvalue weighted by Gasteiger charge is 2.15. The fourth-order valence-corrected chi connectivity index (χ4v) is 2.16. The number of aliphatic imine (C=N–C) groups is 1. The van der Waals surface area contributed by atoms with Crippen molar-refractivity contribution in [2.24, 2.45) is 4.99 Å². The first-order chi connectivity index (χ1) is 11.1. The van der Waals surface area contributed by atoms with Gasteiger partial charge in [-0.1, -0.05) is 0 Å². The van der Waals surface area contributed by atoms with Crippen LogP contribution in [0.5, 0.6) is 0 Å². The van der Waals surface area contributed by atoms with Crippen LogP contribution in [0.1, 0.15) is 34.1 Å². The minimum atomic E-state index is -3.14. The molecule has 0 aromatic rings. The minimum Gasteiger partial charge on any atom is -0.444 e. The maximum Gasteiger partial charge on any atom is 0.407 e. The number of hydrogen-bond acceptors (Lipinski definition) is 5. The normalized spacial score (nSPS) is 12.6. The van der Waals surface area contributed by atoms with E-state index >= 15 is 0 Å². The molecule has 0 saturated carbocycles. The summed E-state index contributed by atoms with van der Waals surface area (Å²) in [6.07, 6.45) is 0.172. The molecule has 142 valence electrons. The molecular weight excluding hydrogens is 334 g/mol. The van der Waals surface area contributed by atoms with Crippen LogP contribution in [0.4, 0.5) is 4.79 Å². The second-order valence-corrected chi connectivity index (χ2v) is 8.10. The Labute approximate surface area is 145 Å². The molecule has 0 aromatic heterocycles. The molecular formula is C14H31N5O4S. The number of nitrogens with zero attached hydrogens (tertiary/aromatic N) is 1. The zero-order valence-electron chi connectivity index (χ0n) is 15.2. The zero-order chi connectivity index (χ0) is 18.6. The monoisotopic (exact) mass is 365 g/mol. The number of ether oxygens (including phenoxy) is 1. The van der Waals surface area contributed by atoms with Crippen molar-refractivity contribution in [3.05, 3.63) is 0 Å². The highest BCUT2D eigenvalue weighted by molar-refractivity contribution is 7.89. The summed E-state index contributed by atoms with van der Waals surface area (Å²) in [5, 5.41) is 8.73. The third-order valence-electron chi connectivity index (χ3n) is 2.66. The lowest BCUT2D eigenvalue weighted by atomic mass is 10.2. The lowest BCUT2D eigenvalue weighted by molar-refractivity contribution is 0.0529. The molecule has 0 atom stereocenters. The van der Waals surface area contributed by atoms with E-state index in [-0.39, 0.29) is 5.75 Å². The van der Waals surface area contributed by atoms with Crippen LogP contribution in [-0.2, 0) is 14.8 Å². The van der Waals surface area contributed by atoms with E-state index in [1.807, 2.05) is 0 Å². The predicted molar refractivity (Wildman–Crippen MR) is 95.7 cm³/mol. The Kier molecular flexibility index (Phi) is 10.4. The molecule has 0 aliphatic carbocycles. The van der Waals surface area contributed by atoms with E-state index < -0.39 is 21.7 Å². The van der Waals surface area contributed by atoms with Gasteiger partial charge in [0.2, 0.25) is 10.0 Å². The summed E-state index contributed by atoms with van der Waals surface area (Å²) >= 11 is 0. The number of rotatable bonds is 9. The number of nitrogens with one attached hydrogen (secondary N) is 4. The second-order valence-electron chi connectivity index (χ2n) is 6.01. The van der Waals surface area contributed by atoms with E-state index in [4.69, 9.17) is 4.74 Å². The molecule has 0 heterocycles. The van der Waals surface area contributed by atoms with Gasteiger partial charge in [-0.3, -0.25) is 4.99 Å². The molecule has 0 aliphatic rings. The Morgan fingerprint density at radius 2 is 1.62 bits per heavy atom. The number of sulfonamides is 1. The van der Waals surface area contributed by atoms with Gasteiger partial charge in [0.05, 0.1) is 5.75 Å². The Bertz CT molecular complexity index is 500. The van der Waals surface area contributed by atoms with E-state index in [1.54, 1.807) is 34.7 Å². The van der Waals surface area contributed by atoms with Crippen LogP contribution in [0.25, 0.3) is 0 Å². The van der Waals surface area contributed by atoms with Crippen LogP contribution < -0.4 is 20.7 Å². The van der Waals surface area contributed by atoms with Gasteiger partial charge < -0.3 is 20.7 Å². The van der Waals surface area contributed by atoms with Crippen LogP contribution in [0.15, 0.2) is 4.99 Å². The summed E-state index contributed by atoms with van der Waals surface area (Å²) in [5.74, 6) is 0.660. The molecule has 0 spiro atoms. The highest BCUT2D eigenvalue weighted by Crippen LogP contribution is 2.05. The molecule has 10 heteroatoms. The average Bonchev–Trinajstić information content (AvgIpc) is 2.47. The Morgan fingerprint density at radius 1 is 1.04 bits per heavy atom. The molecule has 0 radical (unpaired) electrons. The van der Waals surface area contributed by atoms with E-state index in [0.717, 1.165) is 0 Å². The van der Waals surface area contributed by atoms with Crippen LogP contribution >= 0.6 is 0 Å². The van der Waals surface area contributed by atoms with E-state index in [0.29, 0.717) is 38.6 Å². The largest absolute Gasteiger partial charge is 0.444 e. The van der Waals surface area contributed by atoms with Crippen molar-refractivity contribution in [3.63, 3.8) is 0 Å². The maximum atomic E-state index is 11.5. The molecule has 0 aliphatic heterocycles. The second kappa shape index (κ2) is 11.1. The minimum absolute atomic E-state index is 0.0777. The van der Waals surface area contributed by atoms with Gasteiger partial charge in [-0.05, 0) is 34.1 Å². The van der Waals surface area contributed by atoms with Gasteiger partial charge in [-0.25, -0.2) is 17.9 Å². The number of amides is 1. The number of carbonyl (C=O) groups excluding carboxylic acids is 1. The van der Waals surface area contributed by atoms with E-state index in [2.05, 4.69) is 25.7 Å². The van der Waals surface area contributed by atoms with Crippen LogP contribution in [0.2, 0.25) is 0 Å². The van der Waals surface area contributed by atoms with Crippen molar-refractivity contribution in [3.8, 4) is 0 Å². The predicted octanol–water partition coefficient (Wildman–Crippen LogP) is 0.00550. The van der Waals surface area contributed by atoms with Gasteiger partial charge in [0.1, 0.15) is 5.60 Å². The fraction of sp³-hybridized carbons (Fsp3) is 0.857. The fourth-order valence-electron chi connectivity index (χ4n) is 1.51. The molecule has 4 N–H and O–H groups in total. The Morgan fingerprint density at radius 3 is 2.17 bits per heavy atom. The smallest absolute Gasteiger partial charge is 0.407 e. The van der Waals surface area contributed by atoms with Crippen LogP contribution in [-0.4, -0.2) is 65.1 Å². The molecule has 0 bridgehead atoms. The molecule has 0 unspecified atom stereocenters. The number of hydrogen-bond donors (Lipinski definition) is 4.